The topological polar surface area (TPSA) is 35.5 Å². The molecule has 0 spiro atoms. The molecule has 3 nitrogen and oxygen atoms in total. The van der Waals surface area contributed by atoms with Gasteiger partial charge in [-0.05, 0) is 12.1 Å². The summed E-state index contributed by atoms with van der Waals surface area (Å²) in [6.45, 7) is 0.352. The predicted molar refractivity (Wildman–Crippen MR) is 45.5 cm³/mol. The van der Waals surface area contributed by atoms with Crippen LogP contribution in [0.5, 0.6) is 0 Å². The zero-order chi connectivity index (χ0) is 10.2. The maximum absolute atomic E-state index is 12.8. The third-order valence-electron chi connectivity index (χ3n) is 1.77. The van der Waals surface area contributed by atoms with Gasteiger partial charge in [-0.1, -0.05) is 0 Å². The van der Waals surface area contributed by atoms with Crippen molar-refractivity contribution in [3.63, 3.8) is 0 Å². The Morgan fingerprint density at radius 3 is 2.07 bits per heavy atom. The predicted octanol–water partition coefficient (Wildman–Crippen LogP) is 1.83. The van der Waals surface area contributed by atoms with Gasteiger partial charge in [-0.15, -0.1) is 0 Å². The van der Waals surface area contributed by atoms with Crippen molar-refractivity contribution in [1.29, 1.82) is 0 Å². The quantitative estimate of drug-likeness (QED) is 0.677. The first-order valence-electron chi connectivity index (χ1n) is 3.96. The lowest BCUT2D eigenvalue weighted by molar-refractivity contribution is 0.365. The van der Waals surface area contributed by atoms with E-state index in [9.17, 15) is 13.3 Å². The molecule has 0 unspecified atom stereocenters. The fourth-order valence-corrected chi connectivity index (χ4v) is 2.76. The smallest absolute Gasteiger partial charge is 0.303 e. The summed E-state index contributed by atoms with van der Waals surface area (Å²) in [5.41, 5.74) is 0. The Kier molecular flexibility index (Phi) is 2.39. The molecule has 0 aromatic heterocycles. The van der Waals surface area contributed by atoms with E-state index in [0.717, 1.165) is 12.1 Å². The molecule has 1 saturated heterocycles. The van der Waals surface area contributed by atoms with E-state index in [1.54, 1.807) is 0 Å². The molecule has 0 aliphatic carbocycles. The second-order valence-corrected chi connectivity index (χ2v) is 4.82. The summed E-state index contributed by atoms with van der Waals surface area (Å²) in [6.07, 6.45) is 0. The number of hydrogen-bond donors (Lipinski definition) is 0. The molecule has 1 aromatic rings. The van der Waals surface area contributed by atoms with Crippen molar-refractivity contribution >= 4 is 12.9 Å². The van der Waals surface area contributed by atoms with E-state index in [4.69, 9.17) is 9.05 Å². The molecule has 1 aromatic carbocycles. The number of benzene rings is 1. The maximum Gasteiger partial charge on any atom is 0.361 e. The highest BCUT2D eigenvalue weighted by atomic mass is 31.2. The average molecular weight is 220 g/mol. The van der Waals surface area contributed by atoms with Crippen molar-refractivity contribution < 1.29 is 22.4 Å². The van der Waals surface area contributed by atoms with Crippen LogP contribution < -0.4 is 5.30 Å². The normalized spacial score (nSPS) is 19.9. The van der Waals surface area contributed by atoms with Crippen molar-refractivity contribution in [3.8, 4) is 0 Å². The van der Waals surface area contributed by atoms with Crippen LogP contribution in [0.1, 0.15) is 0 Å². The lowest BCUT2D eigenvalue weighted by Crippen LogP contribution is -2.06. The van der Waals surface area contributed by atoms with Crippen LogP contribution in [-0.4, -0.2) is 13.2 Å². The van der Waals surface area contributed by atoms with Gasteiger partial charge in [-0.2, -0.15) is 0 Å². The number of rotatable bonds is 1. The molecule has 1 fully saturated rings. The highest BCUT2D eigenvalue weighted by molar-refractivity contribution is 7.62. The maximum atomic E-state index is 12.8. The first-order chi connectivity index (χ1) is 6.60. The average Bonchev–Trinajstić information content (AvgIpc) is 2.52. The molecule has 14 heavy (non-hydrogen) atoms. The Morgan fingerprint density at radius 2 is 1.57 bits per heavy atom. The zero-order valence-electron chi connectivity index (χ0n) is 7.07. The van der Waals surface area contributed by atoms with Gasteiger partial charge >= 0.3 is 7.60 Å². The molecule has 76 valence electrons. The van der Waals surface area contributed by atoms with Crippen LogP contribution in [-0.2, 0) is 13.6 Å². The third-order valence-corrected chi connectivity index (χ3v) is 3.71. The monoisotopic (exact) mass is 220 g/mol. The van der Waals surface area contributed by atoms with Gasteiger partial charge in [0.15, 0.2) is 0 Å². The lowest BCUT2D eigenvalue weighted by Gasteiger charge is -2.09. The van der Waals surface area contributed by atoms with E-state index in [1.807, 2.05) is 0 Å². The Labute approximate surface area is 79.2 Å². The van der Waals surface area contributed by atoms with Crippen LogP contribution in [0.25, 0.3) is 0 Å². The van der Waals surface area contributed by atoms with Gasteiger partial charge in [0.25, 0.3) is 0 Å². The zero-order valence-corrected chi connectivity index (χ0v) is 7.97. The standard InChI is InChI=1S/C8H7F2O3P/c9-6-3-7(10)5-8(4-6)14(11)12-1-2-13-14/h3-5H,1-2H2. The van der Waals surface area contributed by atoms with Gasteiger partial charge in [-0.25, -0.2) is 8.78 Å². The van der Waals surface area contributed by atoms with Gasteiger partial charge in [0, 0.05) is 6.07 Å². The van der Waals surface area contributed by atoms with E-state index in [2.05, 4.69) is 0 Å². The largest absolute Gasteiger partial charge is 0.361 e. The summed E-state index contributed by atoms with van der Waals surface area (Å²) in [4.78, 5) is 0. The van der Waals surface area contributed by atoms with Crippen LogP contribution in [0, 0.1) is 11.6 Å². The fraction of sp³-hybridized carbons (Fsp3) is 0.250. The second-order valence-electron chi connectivity index (χ2n) is 2.79. The highest BCUT2D eigenvalue weighted by Crippen LogP contribution is 2.50. The molecule has 0 radical (unpaired) electrons. The molecule has 0 amide bonds. The Morgan fingerprint density at radius 1 is 1.07 bits per heavy atom. The van der Waals surface area contributed by atoms with Gasteiger partial charge in [0.2, 0.25) is 0 Å². The summed E-state index contributed by atoms with van der Waals surface area (Å²) < 4.78 is 47.0. The molecule has 0 saturated carbocycles. The Balaban J connectivity index is 2.45. The lowest BCUT2D eigenvalue weighted by atomic mass is 10.3. The van der Waals surface area contributed by atoms with Crippen molar-refractivity contribution in [3.05, 3.63) is 29.8 Å². The molecule has 0 N–H and O–H groups in total. The van der Waals surface area contributed by atoms with Gasteiger partial charge < -0.3 is 9.05 Å². The van der Waals surface area contributed by atoms with E-state index in [1.165, 1.54) is 0 Å². The number of halogens is 2. The van der Waals surface area contributed by atoms with Gasteiger partial charge in [0.05, 0.1) is 18.5 Å². The van der Waals surface area contributed by atoms with Crippen LogP contribution in [0.3, 0.4) is 0 Å². The molecule has 0 atom stereocenters. The van der Waals surface area contributed by atoms with E-state index < -0.39 is 19.2 Å². The van der Waals surface area contributed by atoms with Crippen LogP contribution in [0.4, 0.5) is 8.78 Å². The number of hydrogen-bond acceptors (Lipinski definition) is 3. The van der Waals surface area contributed by atoms with Gasteiger partial charge in [-0.3, -0.25) is 4.57 Å². The molecule has 0 bridgehead atoms. The first kappa shape index (κ1) is 9.77. The second kappa shape index (κ2) is 3.42. The molecular weight excluding hydrogens is 213 g/mol. The van der Waals surface area contributed by atoms with Crippen molar-refractivity contribution in [2.24, 2.45) is 0 Å². The Hall–Kier alpha value is -0.770. The highest BCUT2D eigenvalue weighted by Gasteiger charge is 2.33. The summed E-state index contributed by atoms with van der Waals surface area (Å²) >= 11 is 0. The molecule has 1 aliphatic heterocycles. The SMILES string of the molecule is O=P1(c2cc(F)cc(F)c2)OCCO1. The minimum Gasteiger partial charge on any atom is -0.303 e. The van der Waals surface area contributed by atoms with Crippen LogP contribution >= 0.6 is 7.60 Å². The minimum atomic E-state index is -3.46. The summed E-state index contributed by atoms with van der Waals surface area (Å²) in [6, 6.07) is 2.61. The van der Waals surface area contributed by atoms with E-state index >= 15 is 0 Å². The fourth-order valence-electron chi connectivity index (χ4n) is 1.20. The van der Waals surface area contributed by atoms with Crippen molar-refractivity contribution in [1.82, 2.24) is 0 Å². The van der Waals surface area contributed by atoms with E-state index in [0.29, 0.717) is 6.07 Å². The molecular formula is C8H7F2O3P. The summed E-state index contributed by atoms with van der Waals surface area (Å²) in [7, 11) is -3.46. The molecule has 1 heterocycles. The van der Waals surface area contributed by atoms with Crippen LogP contribution in [0.15, 0.2) is 18.2 Å². The summed E-state index contributed by atoms with van der Waals surface area (Å²) in [5.74, 6) is -1.59. The molecule has 6 heteroatoms. The van der Waals surface area contributed by atoms with Gasteiger partial charge in [0.1, 0.15) is 11.6 Å². The van der Waals surface area contributed by atoms with Crippen molar-refractivity contribution in [2.75, 3.05) is 13.2 Å². The minimum absolute atomic E-state index is 0.0764. The third kappa shape index (κ3) is 1.71. The molecule has 1 aliphatic rings. The van der Waals surface area contributed by atoms with Crippen LogP contribution in [0.2, 0.25) is 0 Å². The molecule has 2 rings (SSSR count). The summed E-state index contributed by atoms with van der Waals surface area (Å²) in [5, 5.41) is -0.0764. The van der Waals surface area contributed by atoms with Crippen molar-refractivity contribution in [2.45, 2.75) is 0 Å². The Bertz CT molecular complexity index is 377. The van der Waals surface area contributed by atoms with E-state index in [-0.39, 0.29) is 18.5 Å². The first-order valence-corrected chi connectivity index (χ1v) is 5.50.